The number of carboxylic acids is 1. The van der Waals surface area contributed by atoms with Gasteiger partial charge in [-0.3, -0.25) is 9.59 Å². The molecule has 0 bridgehead atoms. The Morgan fingerprint density at radius 1 is 1.22 bits per heavy atom. The summed E-state index contributed by atoms with van der Waals surface area (Å²) < 4.78 is 0. The zero-order chi connectivity index (χ0) is 13.6. The quantitative estimate of drug-likeness (QED) is 0.698. The fourth-order valence-electron chi connectivity index (χ4n) is 1.97. The summed E-state index contributed by atoms with van der Waals surface area (Å²) >= 11 is 0. The van der Waals surface area contributed by atoms with Crippen molar-refractivity contribution in [2.24, 2.45) is 5.41 Å². The Balaban J connectivity index is 2.17. The van der Waals surface area contributed by atoms with Gasteiger partial charge in [-0.25, -0.2) is 0 Å². The molecule has 5 heteroatoms. The third-order valence-electron chi connectivity index (χ3n) is 3.37. The molecule has 1 fully saturated rings. The lowest BCUT2D eigenvalue weighted by atomic mass is 9.94. The molecule has 1 aliphatic heterocycles. The molecule has 104 valence electrons. The molecular formula is C13H24N2O3. The smallest absolute Gasteiger partial charge is 0.310 e. The van der Waals surface area contributed by atoms with Crippen molar-refractivity contribution < 1.29 is 14.7 Å². The molecule has 1 amide bonds. The van der Waals surface area contributed by atoms with E-state index in [4.69, 9.17) is 5.11 Å². The van der Waals surface area contributed by atoms with Gasteiger partial charge in [0, 0.05) is 32.6 Å². The van der Waals surface area contributed by atoms with Gasteiger partial charge in [0.1, 0.15) is 0 Å². The van der Waals surface area contributed by atoms with E-state index in [9.17, 15) is 9.59 Å². The van der Waals surface area contributed by atoms with Crippen LogP contribution in [-0.4, -0.2) is 48.1 Å². The Morgan fingerprint density at radius 3 is 2.39 bits per heavy atom. The first-order valence-corrected chi connectivity index (χ1v) is 6.65. The number of hydrogen-bond donors (Lipinski definition) is 2. The van der Waals surface area contributed by atoms with Crippen LogP contribution in [0.1, 0.15) is 39.5 Å². The van der Waals surface area contributed by atoms with Crippen LogP contribution >= 0.6 is 0 Å². The lowest BCUT2D eigenvalue weighted by molar-refractivity contribution is -0.146. The standard InChI is InChI=1S/C13H24N2O3/c1-13(2,12(17)18)10-14-7-6-11(16)15-8-4-3-5-9-15/h14H,3-10H2,1-2H3,(H,17,18). The fourth-order valence-corrected chi connectivity index (χ4v) is 1.97. The Morgan fingerprint density at radius 2 is 1.83 bits per heavy atom. The topological polar surface area (TPSA) is 69.6 Å². The van der Waals surface area contributed by atoms with Crippen LogP contribution in [0.25, 0.3) is 0 Å². The number of rotatable bonds is 6. The van der Waals surface area contributed by atoms with Crippen LogP contribution in [0.15, 0.2) is 0 Å². The van der Waals surface area contributed by atoms with Gasteiger partial charge in [0.2, 0.25) is 5.91 Å². The van der Waals surface area contributed by atoms with Crippen molar-refractivity contribution in [3.63, 3.8) is 0 Å². The summed E-state index contributed by atoms with van der Waals surface area (Å²) in [7, 11) is 0. The number of nitrogens with zero attached hydrogens (tertiary/aromatic N) is 1. The summed E-state index contributed by atoms with van der Waals surface area (Å²) in [6.07, 6.45) is 3.88. The zero-order valence-electron chi connectivity index (χ0n) is 11.4. The lowest BCUT2D eigenvalue weighted by Gasteiger charge is -2.27. The molecular weight excluding hydrogens is 232 g/mol. The van der Waals surface area contributed by atoms with Crippen LogP contribution in [0.2, 0.25) is 0 Å². The Kier molecular flexibility index (Phi) is 5.59. The monoisotopic (exact) mass is 256 g/mol. The number of carbonyl (C=O) groups is 2. The van der Waals surface area contributed by atoms with E-state index >= 15 is 0 Å². The van der Waals surface area contributed by atoms with Gasteiger partial charge in [0.25, 0.3) is 0 Å². The summed E-state index contributed by atoms with van der Waals surface area (Å²) in [6, 6.07) is 0. The van der Waals surface area contributed by atoms with Crippen LogP contribution in [-0.2, 0) is 9.59 Å². The number of nitrogens with one attached hydrogen (secondary N) is 1. The van der Waals surface area contributed by atoms with Gasteiger partial charge in [-0.2, -0.15) is 0 Å². The van der Waals surface area contributed by atoms with Crippen molar-refractivity contribution in [3.8, 4) is 0 Å². The summed E-state index contributed by atoms with van der Waals surface area (Å²) in [5.41, 5.74) is -0.784. The van der Waals surface area contributed by atoms with Crippen LogP contribution in [0, 0.1) is 5.41 Å². The minimum atomic E-state index is -0.822. The summed E-state index contributed by atoms with van der Waals surface area (Å²) in [4.78, 5) is 24.6. The molecule has 0 radical (unpaired) electrons. The second-order valence-electron chi connectivity index (χ2n) is 5.56. The summed E-state index contributed by atoms with van der Waals surface area (Å²) in [5.74, 6) is -0.646. The van der Waals surface area contributed by atoms with Crippen molar-refractivity contribution in [3.05, 3.63) is 0 Å². The number of aliphatic carboxylic acids is 1. The molecule has 1 aliphatic rings. The Bertz CT molecular complexity index is 297. The van der Waals surface area contributed by atoms with Gasteiger partial charge in [-0.1, -0.05) is 0 Å². The van der Waals surface area contributed by atoms with E-state index in [-0.39, 0.29) is 5.91 Å². The highest BCUT2D eigenvalue weighted by atomic mass is 16.4. The lowest BCUT2D eigenvalue weighted by Crippen LogP contribution is -2.39. The number of likely N-dealkylation sites (tertiary alicyclic amines) is 1. The van der Waals surface area contributed by atoms with Crippen LogP contribution in [0.5, 0.6) is 0 Å². The van der Waals surface area contributed by atoms with Gasteiger partial charge in [-0.15, -0.1) is 0 Å². The average Bonchev–Trinajstić information content (AvgIpc) is 2.35. The summed E-state index contributed by atoms with van der Waals surface area (Å²) in [5, 5.41) is 12.0. The van der Waals surface area contributed by atoms with Gasteiger partial charge < -0.3 is 15.3 Å². The first-order valence-electron chi connectivity index (χ1n) is 6.65. The third-order valence-corrected chi connectivity index (χ3v) is 3.37. The molecule has 0 unspecified atom stereocenters. The Hall–Kier alpha value is -1.10. The van der Waals surface area contributed by atoms with Crippen molar-refractivity contribution in [2.45, 2.75) is 39.5 Å². The van der Waals surface area contributed by atoms with Gasteiger partial charge in [-0.05, 0) is 33.1 Å². The number of hydrogen-bond acceptors (Lipinski definition) is 3. The van der Waals surface area contributed by atoms with E-state index < -0.39 is 11.4 Å². The third kappa shape index (κ3) is 4.64. The molecule has 5 nitrogen and oxygen atoms in total. The van der Waals surface area contributed by atoms with Crippen molar-refractivity contribution in [1.29, 1.82) is 0 Å². The molecule has 0 aromatic heterocycles. The first-order chi connectivity index (χ1) is 8.43. The normalized spacial score (nSPS) is 16.7. The van der Waals surface area contributed by atoms with Crippen LogP contribution in [0.4, 0.5) is 0 Å². The second-order valence-corrected chi connectivity index (χ2v) is 5.56. The van der Waals surface area contributed by atoms with E-state index in [1.54, 1.807) is 13.8 Å². The molecule has 18 heavy (non-hydrogen) atoms. The molecule has 1 heterocycles. The minimum Gasteiger partial charge on any atom is -0.481 e. The molecule has 0 atom stereocenters. The van der Waals surface area contributed by atoms with Gasteiger partial charge in [0.05, 0.1) is 5.41 Å². The highest BCUT2D eigenvalue weighted by Gasteiger charge is 2.26. The highest BCUT2D eigenvalue weighted by Crippen LogP contribution is 2.13. The van der Waals surface area contributed by atoms with Crippen LogP contribution < -0.4 is 5.32 Å². The molecule has 2 N–H and O–H groups in total. The number of piperidine rings is 1. The largest absolute Gasteiger partial charge is 0.481 e. The predicted molar refractivity (Wildman–Crippen MR) is 69.3 cm³/mol. The number of carbonyl (C=O) groups excluding carboxylic acids is 1. The van der Waals surface area contributed by atoms with Crippen molar-refractivity contribution in [1.82, 2.24) is 10.2 Å². The minimum absolute atomic E-state index is 0.176. The summed E-state index contributed by atoms with van der Waals surface area (Å²) in [6.45, 7) is 6.03. The zero-order valence-corrected chi connectivity index (χ0v) is 11.4. The average molecular weight is 256 g/mol. The maximum atomic E-state index is 11.8. The molecule has 0 aliphatic carbocycles. The molecule has 0 aromatic carbocycles. The van der Waals surface area contributed by atoms with E-state index in [1.807, 2.05) is 4.90 Å². The maximum Gasteiger partial charge on any atom is 0.310 e. The van der Waals surface area contributed by atoms with Crippen molar-refractivity contribution in [2.75, 3.05) is 26.2 Å². The SMILES string of the molecule is CC(C)(CNCCC(=O)N1CCCCC1)C(=O)O. The van der Waals surface area contributed by atoms with Gasteiger partial charge >= 0.3 is 5.97 Å². The number of amides is 1. The van der Waals surface area contributed by atoms with Crippen LogP contribution in [0.3, 0.4) is 0 Å². The van der Waals surface area contributed by atoms with E-state index in [1.165, 1.54) is 6.42 Å². The first kappa shape index (κ1) is 15.0. The second kappa shape index (κ2) is 6.73. The van der Waals surface area contributed by atoms with Crippen molar-refractivity contribution >= 4 is 11.9 Å². The molecule has 1 saturated heterocycles. The molecule has 0 spiro atoms. The maximum absolute atomic E-state index is 11.8. The van der Waals surface area contributed by atoms with E-state index in [2.05, 4.69) is 5.32 Å². The predicted octanol–water partition coefficient (Wildman–Crippen LogP) is 1.09. The Labute approximate surface area is 109 Å². The molecule has 0 saturated carbocycles. The van der Waals surface area contributed by atoms with E-state index in [0.717, 1.165) is 25.9 Å². The highest BCUT2D eigenvalue weighted by molar-refractivity contribution is 5.76. The number of carboxylic acid groups (broad SMARTS) is 1. The van der Waals surface area contributed by atoms with E-state index in [0.29, 0.717) is 19.5 Å². The molecule has 0 aromatic rings. The molecule has 1 rings (SSSR count). The van der Waals surface area contributed by atoms with Gasteiger partial charge in [0.15, 0.2) is 0 Å². The fraction of sp³-hybridized carbons (Fsp3) is 0.846.